The fourth-order valence-corrected chi connectivity index (χ4v) is 3.45. The number of hydrogen-bond donors (Lipinski definition) is 0. The van der Waals surface area contributed by atoms with E-state index >= 15 is 0 Å². The molecule has 0 saturated carbocycles. The summed E-state index contributed by atoms with van der Waals surface area (Å²) in [5.41, 5.74) is -2.66. The minimum Gasteiger partial charge on any atom is -0.459 e. The standard InChI is InChI=1S/C21H25F17O4/c1-7-10(2)13(6,8-12(3,4)5)11(39)40-9-14(22,17(26,27)28)41-21(37,38)16(25,19(32,33)34)42-20(35,36)15(23,24)18(29,30)31/h10H,7-9H2,1-6H3. The lowest BCUT2D eigenvalue weighted by Gasteiger charge is -2.41. The first-order valence-corrected chi connectivity index (χ1v) is 11.3. The lowest BCUT2D eigenvalue weighted by atomic mass is 9.67. The van der Waals surface area contributed by atoms with Crippen molar-refractivity contribution in [3.8, 4) is 0 Å². The fraction of sp³-hybridized carbons (Fsp3) is 0.952. The summed E-state index contributed by atoms with van der Waals surface area (Å²) in [6, 6.07) is 0. The van der Waals surface area contributed by atoms with Crippen molar-refractivity contribution in [3.05, 3.63) is 0 Å². The Morgan fingerprint density at radius 1 is 0.643 bits per heavy atom. The smallest absolute Gasteiger partial charge is 0.459 e. The molecule has 252 valence electrons. The van der Waals surface area contributed by atoms with Crippen molar-refractivity contribution in [3.63, 3.8) is 0 Å². The minimum atomic E-state index is -8.00. The maximum absolute atomic E-state index is 14.7. The van der Waals surface area contributed by atoms with Gasteiger partial charge in [0.25, 0.3) is 0 Å². The Morgan fingerprint density at radius 2 is 1.07 bits per heavy atom. The number of carbonyl (C=O) groups is 1. The van der Waals surface area contributed by atoms with Crippen molar-refractivity contribution >= 4 is 5.97 Å². The van der Waals surface area contributed by atoms with Crippen LogP contribution in [0.4, 0.5) is 74.6 Å². The van der Waals surface area contributed by atoms with Gasteiger partial charge in [0.15, 0.2) is 6.61 Å². The van der Waals surface area contributed by atoms with Gasteiger partial charge in [0, 0.05) is 0 Å². The van der Waals surface area contributed by atoms with E-state index in [1.807, 2.05) is 0 Å². The van der Waals surface area contributed by atoms with Gasteiger partial charge >= 0.3 is 54.3 Å². The van der Waals surface area contributed by atoms with E-state index in [2.05, 4.69) is 9.47 Å². The first-order chi connectivity index (χ1) is 18.0. The minimum absolute atomic E-state index is 0.0976. The summed E-state index contributed by atoms with van der Waals surface area (Å²) in [4.78, 5) is 12.7. The molecule has 0 aromatic heterocycles. The Balaban J connectivity index is 6.73. The van der Waals surface area contributed by atoms with E-state index in [9.17, 15) is 79.4 Å². The van der Waals surface area contributed by atoms with E-state index < -0.39 is 77.7 Å². The van der Waals surface area contributed by atoms with Crippen molar-refractivity contribution in [2.45, 2.75) is 103 Å². The number of carbonyl (C=O) groups excluding carboxylic acids is 1. The van der Waals surface area contributed by atoms with Crippen LogP contribution in [0.15, 0.2) is 0 Å². The Kier molecular flexibility index (Phi) is 11.1. The van der Waals surface area contributed by atoms with Crippen LogP contribution < -0.4 is 0 Å². The molecule has 0 radical (unpaired) electrons. The zero-order valence-corrected chi connectivity index (χ0v) is 22.3. The van der Waals surface area contributed by atoms with Gasteiger partial charge in [-0.15, -0.1) is 0 Å². The molecule has 0 saturated heterocycles. The molecule has 0 aliphatic carbocycles. The summed E-state index contributed by atoms with van der Waals surface area (Å²) < 4.78 is 233. The third kappa shape index (κ3) is 8.02. The second-order valence-corrected chi connectivity index (χ2v) is 10.7. The normalized spacial score (nSPS) is 19.9. The first-order valence-electron chi connectivity index (χ1n) is 11.3. The maximum atomic E-state index is 14.7. The predicted molar refractivity (Wildman–Crippen MR) is 105 cm³/mol. The Hall–Kier alpha value is -1.80. The molecule has 0 rings (SSSR count). The number of ether oxygens (including phenoxy) is 3. The SMILES string of the molecule is CCC(C)C(C)(CC(C)(C)C)C(=O)OCC(F)(OC(F)(F)C(F)(OC(F)(F)C(F)(F)C(F)(F)F)C(F)(F)F)C(F)(F)F. The van der Waals surface area contributed by atoms with Crippen molar-refractivity contribution in [2.24, 2.45) is 16.7 Å². The van der Waals surface area contributed by atoms with E-state index in [4.69, 9.17) is 0 Å². The molecule has 0 N–H and O–H groups in total. The number of hydrogen-bond acceptors (Lipinski definition) is 4. The third-order valence-corrected chi connectivity index (χ3v) is 5.90. The van der Waals surface area contributed by atoms with E-state index in [0.717, 1.165) is 6.92 Å². The Labute approximate surface area is 226 Å². The molecule has 0 fully saturated rings. The number of rotatable bonds is 12. The maximum Gasteiger partial charge on any atom is 0.462 e. The van der Waals surface area contributed by atoms with Crippen LogP contribution in [0, 0.1) is 16.7 Å². The van der Waals surface area contributed by atoms with Gasteiger partial charge in [0.1, 0.15) is 0 Å². The highest BCUT2D eigenvalue weighted by Gasteiger charge is 2.85. The molecule has 4 unspecified atom stereocenters. The molecule has 0 amide bonds. The third-order valence-electron chi connectivity index (χ3n) is 5.90. The van der Waals surface area contributed by atoms with E-state index in [0.29, 0.717) is 0 Å². The van der Waals surface area contributed by atoms with Crippen LogP contribution in [0.3, 0.4) is 0 Å². The Bertz CT molecular complexity index is 937. The molecule has 0 aliphatic heterocycles. The van der Waals surface area contributed by atoms with E-state index in [1.54, 1.807) is 0 Å². The average molecular weight is 664 g/mol. The monoisotopic (exact) mass is 664 g/mol. The van der Waals surface area contributed by atoms with Crippen LogP contribution in [0.25, 0.3) is 0 Å². The predicted octanol–water partition coefficient (Wildman–Crippen LogP) is 8.89. The lowest BCUT2D eigenvalue weighted by molar-refractivity contribution is -0.552. The molecule has 0 aliphatic rings. The number of halogens is 17. The fourth-order valence-electron chi connectivity index (χ4n) is 3.45. The van der Waals surface area contributed by atoms with Crippen LogP contribution in [0.2, 0.25) is 0 Å². The molecule has 42 heavy (non-hydrogen) atoms. The summed E-state index contributed by atoms with van der Waals surface area (Å²) in [5.74, 6) is -24.9. The van der Waals surface area contributed by atoms with Crippen LogP contribution in [0.5, 0.6) is 0 Å². The highest BCUT2D eigenvalue weighted by atomic mass is 19.4. The molecule has 21 heteroatoms. The summed E-state index contributed by atoms with van der Waals surface area (Å²) in [7, 11) is 0. The molecule has 4 atom stereocenters. The molecular weight excluding hydrogens is 639 g/mol. The van der Waals surface area contributed by atoms with Gasteiger partial charge in [-0.25, -0.2) is 0 Å². The molecule has 0 aromatic carbocycles. The van der Waals surface area contributed by atoms with E-state index in [-0.39, 0.29) is 12.8 Å². The lowest BCUT2D eigenvalue weighted by Crippen LogP contribution is -2.67. The quantitative estimate of drug-likeness (QED) is 0.155. The van der Waals surface area contributed by atoms with Gasteiger partial charge in [-0.2, -0.15) is 74.6 Å². The zero-order valence-electron chi connectivity index (χ0n) is 22.3. The van der Waals surface area contributed by atoms with Crippen LogP contribution >= 0.6 is 0 Å². The number of alkyl halides is 17. The largest absolute Gasteiger partial charge is 0.462 e. The summed E-state index contributed by atoms with van der Waals surface area (Å²) in [6.45, 7) is 5.27. The van der Waals surface area contributed by atoms with Crippen molar-refractivity contribution in [1.29, 1.82) is 0 Å². The van der Waals surface area contributed by atoms with Gasteiger partial charge in [0.05, 0.1) is 5.41 Å². The second kappa shape index (κ2) is 11.6. The summed E-state index contributed by atoms with van der Waals surface area (Å²) in [5, 5.41) is 0. The Morgan fingerprint density at radius 3 is 1.38 bits per heavy atom. The summed E-state index contributed by atoms with van der Waals surface area (Å²) in [6.07, 6.45) is -38.4. The zero-order chi connectivity index (χ0) is 34.4. The average Bonchev–Trinajstić information content (AvgIpc) is 2.72. The highest BCUT2D eigenvalue weighted by Crippen LogP contribution is 2.56. The van der Waals surface area contributed by atoms with Gasteiger partial charge in [-0.3, -0.25) is 14.3 Å². The molecule has 0 heterocycles. The van der Waals surface area contributed by atoms with Crippen LogP contribution in [-0.4, -0.2) is 61.0 Å². The first kappa shape index (κ1) is 40.2. The van der Waals surface area contributed by atoms with Gasteiger partial charge in [-0.1, -0.05) is 41.0 Å². The second-order valence-electron chi connectivity index (χ2n) is 10.7. The van der Waals surface area contributed by atoms with Crippen LogP contribution in [0.1, 0.15) is 54.4 Å². The molecule has 0 spiro atoms. The van der Waals surface area contributed by atoms with Crippen molar-refractivity contribution in [1.82, 2.24) is 0 Å². The van der Waals surface area contributed by atoms with Gasteiger partial charge in [-0.05, 0) is 24.7 Å². The number of esters is 1. The topological polar surface area (TPSA) is 44.8 Å². The van der Waals surface area contributed by atoms with E-state index in [1.165, 1.54) is 39.4 Å². The highest BCUT2D eigenvalue weighted by molar-refractivity contribution is 5.77. The van der Waals surface area contributed by atoms with Crippen LogP contribution in [-0.2, 0) is 19.0 Å². The molecular formula is C21H25F17O4. The van der Waals surface area contributed by atoms with Gasteiger partial charge < -0.3 is 4.74 Å². The molecule has 0 aromatic rings. The molecule has 4 nitrogen and oxygen atoms in total. The molecule has 0 bridgehead atoms. The van der Waals surface area contributed by atoms with Crippen molar-refractivity contribution < 1.29 is 93.6 Å². The summed E-state index contributed by atoms with van der Waals surface area (Å²) >= 11 is 0. The van der Waals surface area contributed by atoms with Crippen molar-refractivity contribution in [2.75, 3.05) is 6.61 Å². The van der Waals surface area contributed by atoms with Gasteiger partial charge in [0.2, 0.25) is 0 Å².